The standard InChI is InChI=1S/C14H20N4/c1-3-18-14(7-10-16-18)12-17(2)11-8-13-6-4-5-9-15-13/h4-7,9-10H,3,8,11-12H2,1-2H3. The van der Waals surface area contributed by atoms with Gasteiger partial charge in [0.15, 0.2) is 0 Å². The van der Waals surface area contributed by atoms with Gasteiger partial charge in [0.05, 0.1) is 5.69 Å². The van der Waals surface area contributed by atoms with Crippen molar-refractivity contribution >= 4 is 0 Å². The molecule has 0 saturated heterocycles. The van der Waals surface area contributed by atoms with Crippen LogP contribution in [0.25, 0.3) is 0 Å². The first-order chi connectivity index (χ1) is 8.79. The van der Waals surface area contributed by atoms with Gasteiger partial charge in [-0.1, -0.05) is 6.07 Å². The van der Waals surface area contributed by atoms with Crippen LogP contribution in [0.3, 0.4) is 0 Å². The molecule has 0 amide bonds. The molecule has 2 heterocycles. The molecule has 0 atom stereocenters. The quantitative estimate of drug-likeness (QED) is 0.779. The Morgan fingerprint density at radius 1 is 1.22 bits per heavy atom. The second kappa shape index (κ2) is 6.31. The lowest BCUT2D eigenvalue weighted by molar-refractivity contribution is 0.318. The molecule has 2 aromatic rings. The van der Waals surface area contributed by atoms with Crippen molar-refractivity contribution in [3.63, 3.8) is 0 Å². The Kier molecular flexibility index (Phi) is 4.47. The molecule has 0 aliphatic carbocycles. The summed E-state index contributed by atoms with van der Waals surface area (Å²) >= 11 is 0. The van der Waals surface area contributed by atoms with Gasteiger partial charge in [0, 0.05) is 44.1 Å². The van der Waals surface area contributed by atoms with E-state index in [1.54, 1.807) is 0 Å². The summed E-state index contributed by atoms with van der Waals surface area (Å²) in [4.78, 5) is 6.64. The van der Waals surface area contributed by atoms with Gasteiger partial charge in [0.25, 0.3) is 0 Å². The Balaban J connectivity index is 1.84. The lowest BCUT2D eigenvalue weighted by atomic mass is 10.2. The van der Waals surface area contributed by atoms with Crippen molar-refractivity contribution in [1.29, 1.82) is 0 Å². The first-order valence-electron chi connectivity index (χ1n) is 6.38. The minimum Gasteiger partial charge on any atom is -0.300 e. The van der Waals surface area contributed by atoms with Crippen LogP contribution in [-0.2, 0) is 19.5 Å². The molecule has 0 saturated carbocycles. The van der Waals surface area contributed by atoms with Gasteiger partial charge in [-0.15, -0.1) is 0 Å². The number of aryl methyl sites for hydroxylation is 1. The number of hydrogen-bond donors (Lipinski definition) is 0. The molecule has 0 bridgehead atoms. The van der Waals surface area contributed by atoms with E-state index in [-0.39, 0.29) is 0 Å². The van der Waals surface area contributed by atoms with Crippen molar-refractivity contribution in [3.8, 4) is 0 Å². The Bertz CT molecular complexity index is 464. The summed E-state index contributed by atoms with van der Waals surface area (Å²) in [5.74, 6) is 0. The Morgan fingerprint density at radius 2 is 2.11 bits per heavy atom. The third kappa shape index (κ3) is 3.40. The number of rotatable bonds is 6. The van der Waals surface area contributed by atoms with Crippen LogP contribution < -0.4 is 0 Å². The predicted octanol–water partition coefficient (Wildman–Crippen LogP) is 1.97. The van der Waals surface area contributed by atoms with Crippen LogP contribution in [0.2, 0.25) is 0 Å². The van der Waals surface area contributed by atoms with Gasteiger partial charge >= 0.3 is 0 Å². The maximum Gasteiger partial charge on any atom is 0.0524 e. The summed E-state index contributed by atoms with van der Waals surface area (Å²) in [7, 11) is 2.13. The van der Waals surface area contributed by atoms with Crippen molar-refractivity contribution < 1.29 is 0 Å². The fraction of sp³-hybridized carbons (Fsp3) is 0.429. The van der Waals surface area contributed by atoms with Gasteiger partial charge < -0.3 is 4.90 Å². The van der Waals surface area contributed by atoms with Crippen molar-refractivity contribution in [2.75, 3.05) is 13.6 Å². The molecule has 2 rings (SSSR count). The molecule has 0 aliphatic heterocycles. The van der Waals surface area contributed by atoms with Crippen molar-refractivity contribution in [1.82, 2.24) is 19.7 Å². The largest absolute Gasteiger partial charge is 0.300 e. The number of pyridine rings is 1. The summed E-state index contributed by atoms with van der Waals surface area (Å²) < 4.78 is 2.04. The SMILES string of the molecule is CCn1nccc1CN(C)CCc1ccccn1. The second-order valence-corrected chi connectivity index (χ2v) is 4.45. The summed E-state index contributed by atoms with van der Waals surface area (Å²) in [6.45, 7) is 4.98. The third-order valence-corrected chi connectivity index (χ3v) is 3.01. The van der Waals surface area contributed by atoms with Crippen LogP contribution in [-0.4, -0.2) is 33.3 Å². The van der Waals surface area contributed by atoms with E-state index >= 15 is 0 Å². The van der Waals surface area contributed by atoms with Crippen molar-refractivity contribution in [3.05, 3.63) is 48.0 Å². The zero-order chi connectivity index (χ0) is 12.8. The van der Waals surface area contributed by atoms with E-state index < -0.39 is 0 Å². The van der Waals surface area contributed by atoms with Gasteiger partial charge in [-0.3, -0.25) is 9.67 Å². The molecule has 0 aliphatic rings. The van der Waals surface area contributed by atoms with Gasteiger partial charge in [0.1, 0.15) is 0 Å². The topological polar surface area (TPSA) is 34.0 Å². The fourth-order valence-electron chi connectivity index (χ4n) is 1.99. The molecule has 96 valence electrons. The average molecular weight is 244 g/mol. The highest BCUT2D eigenvalue weighted by molar-refractivity contribution is 5.04. The third-order valence-electron chi connectivity index (χ3n) is 3.01. The minimum atomic E-state index is 0.927. The van der Waals surface area contributed by atoms with E-state index in [1.807, 2.05) is 29.2 Å². The molecular weight excluding hydrogens is 224 g/mol. The van der Waals surface area contributed by atoms with Gasteiger partial charge in [-0.05, 0) is 32.2 Å². The highest BCUT2D eigenvalue weighted by atomic mass is 15.3. The van der Waals surface area contributed by atoms with Crippen LogP contribution in [0.5, 0.6) is 0 Å². The molecule has 0 unspecified atom stereocenters. The van der Waals surface area contributed by atoms with E-state index in [0.717, 1.165) is 31.7 Å². The highest BCUT2D eigenvalue weighted by Crippen LogP contribution is 2.04. The minimum absolute atomic E-state index is 0.927. The number of aromatic nitrogens is 3. The van der Waals surface area contributed by atoms with Crippen molar-refractivity contribution in [2.24, 2.45) is 0 Å². The summed E-state index contributed by atoms with van der Waals surface area (Å²) in [6, 6.07) is 8.15. The monoisotopic (exact) mass is 244 g/mol. The molecule has 18 heavy (non-hydrogen) atoms. The van der Waals surface area contributed by atoms with Crippen LogP contribution in [0.4, 0.5) is 0 Å². The molecular formula is C14H20N4. The lowest BCUT2D eigenvalue weighted by Crippen LogP contribution is -2.22. The van der Waals surface area contributed by atoms with E-state index in [4.69, 9.17) is 0 Å². The van der Waals surface area contributed by atoms with E-state index in [1.165, 1.54) is 5.69 Å². The zero-order valence-corrected chi connectivity index (χ0v) is 11.1. The molecule has 0 fully saturated rings. The number of hydrogen-bond acceptors (Lipinski definition) is 3. The lowest BCUT2D eigenvalue weighted by Gasteiger charge is -2.16. The van der Waals surface area contributed by atoms with E-state index in [0.29, 0.717) is 0 Å². The highest BCUT2D eigenvalue weighted by Gasteiger charge is 2.05. The maximum absolute atomic E-state index is 4.34. The van der Waals surface area contributed by atoms with Crippen molar-refractivity contribution in [2.45, 2.75) is 26.4 Å². The number of nitrogens with zero attached hydrogens (tertiary/aromatic N) is 4. The summed E-state index contributed by atoms with van der Waals surface area (Å²) in [5.41, 5.74) is 2.41. The molecule has 4 heteroatoms. The smallest absolute Gasteiger partial charge is 0.0524 e. The molecule has 2 aromatic heterocycles. The molecule has 0 radical (unpaired) electrons. The van der Waals surface area contributed by atoms with E-state index in [9.17, 15) is 0 Å². The number of likely N-dealkylation sites (N-methyl/N-ethyl adjacent to an activating group) is 1. The predicted molar refractivity (Wildman–Crippen MR) is 72.2 cm³/mol. The molecule has 0 N–H and O–H groups in total. The first kappa shape index (κ1) is 12.8. The van der Waals surface area contributed by atoms with Crippen LogP contribution in [0, 0.1) is 0 Å². The molecule has 0 aromatic carbocycles. The van der Waals surface area contributed by atoms with Gasteiger partial charge in [-0.25, -0.2) is 0 Å². The van der Waals surface area contributed by atoms with Crippen LogP contribution in [0.15, 0.2) is 36.7 Å². The average Bonchev–Trinajstić information content (AvgIpc) is 2.85. The molecule has 0 spiro atoms. The first-order valence-corrected chi connectivity index (χ1v) is 6.38. The van der Waals surface area contributed by atoms with Crippen LogP contribution >= 0.6 is 0 Å². The Labute approximate surface area is 108 Å². The normalized spacial score (nSPS) is 11.1. The summed E-state index contributed by atoms with van der Waals surface area (Å²) in [6.07, 6.45) is 4.70. The zero-order valence-electron chi connectivity index (χ0n) is 11.1. The van der Waals surface area contributed by atoms with Gasteiger partial charge in [0.2, 0.25) is 0 Å². The van der Waals surface area contributed by atoms with Crippen LogP contribution in [0.1, 0.15) is 18.3 Å². The maximum atomic E-state index is 4.34. The Morgan fingerprint density at radius 3 is 2.83 bits per heavy atom. The Hall–Kier alpha value is -1.68. The summed E-state index contributed by atoms with van der Waals surface area (Å²) in [5, 5.41) is 4.28. The second-order valence-electron chi connectivity index (χ2n) is 4.45. The molecule has 4 nitrogen and oxygen atoms in total. The van der Waals surface area contributed by atoms with E-state index in [2.05, 4.69) is 41.1 Å². The van der Waals surface area contributed by atoms with Gasteiger partial charge in [-0.2, -0.15) is 5.10 Å². The fourth-order valence-corrected chi connectivity index (χ4v) is 1.99.